The number of carbonyl (C=O) groups is 2. The van der Waals surface area contributed by atoms with Crippen LogP contribution in [-0.2, 0) is 9.59 Å². The molecule has 0 radical (unpaired) electrons. The molecule has 0 saturated heterocycles. The molecule has 6 nitrogen and oxygen atoms in total. The van der Waals surface area contributed by atoms with Gasteiger partial charge >= 0.3 is 0 Å². The fourth-order valence-corrected chi connectivity index (χ4v) is 2.92. The Labute approximate surface area is 145 Å². The monoisotopic (exact) mass is 342 g/mol. The highest BCUT2D eigenvalue weighted by Crippen LogP contribution is 2.22. The molecule has 0 spiro atoms. The molecule has 2 amide bonds. The summed E-state index contributed by atoms with van der Waals surface area (Å²) in [6, 6.07) is -0.198. The molecule has 0 heterocycles. The van der Waals surface area contributed by atoms with Crippen LogP contribution in [-0.4, -0.2) is 47.3 Å². The van der Waals surface area contributed by atoms with E-state index >= 15 is 0 Å². The molecule has 1 saturated carbocycles. The second-order valence-corrected chi connectivity index (χ2v) is 7.75. The Bertz CT molecular complexity index is 404. The molecule has 6 heteroatoms. The third-order valence-electron chi connectivity index (χ3n) is 4.84. The first-order valence-corrected chi connectivity index (χ1v) is 9.15. The summed E-state index contributed by atoms with van der Waals surface area (Å²) >= 11 is 0. The zero-order valence-electron chi connectivity index (χ0n) is 15.3. The third kappa shape index (κ3) is 6.77. The zero-order chi connectivity index (χ0) is 18.2. The number of rotatable bonds is 7. The van der Waals surface area contributed by atoms with Gasteiger partial charge in [0.15, 0.2) is 0 Å². The van der Waals surface area contributed by atoms with Crippen LogP contribution in [0.5, 0.6) is 0 Å². The van der Waals surface area contributed by atoms with E-state index in [1.807, 2.05) is 6.92 Å². The van der Waals surface area contributed by atoms with E-state index < -0.39 is 17.4 Å². The number of carbonyl (C=O) groups excluding carboxylic acids is 2. The number of hydrogen-bond acceptors (Lipinski definition) is 4. The van der Waals surface area contributed by atoms with Crippen molar-refractivity contribution in [1.82, 2.24) is 10.6 Å². The smallest absolute Gasteiger partial charge is 0.249 e. The summed E-state index contributed by atoms with van der Waals surface area (Å²) in [7, 11) is 0. The van der Waals surface area contributed by atoms with Gasteiger partial charge in [-0.3, -0.25) is 9.59 Å². The Morgan fingerprint density at radius 3 is 2.21 bits per heavy atom. The average molecular weight is 342 g/mol. The first kappa shape index (κ1) is 20.9. The van der Waals surface area contributed by atoms with Gasteiger partial charge < -0.3 is 20.8 Å². The van der Waals surface area contributed by atoms with Crippen LogP contribution in [0.1, 0.15) is 65.7 Å². The van der Waals surface area contributed by atoms with Crippen LogP contribution in [0.25, 0.3) is 0 Å². The van der Waals surface area contributed by atoms with Crippen molar-refractivity contribution in [1.29, 1.82) is 0 Å². The number of hydrogen-bond donors (Lipinski definition) is 4. The van der Waals surface area contributed by atoms with Gasteiger partial charge in [-0.2, -0.15) is 0 Å². The Morgan fingerprint density at radius 2 is 1.67 bits per heavy atom. The van der Waals surface area contributed by atoms with E-state index in [2.05, 4.69) is 10.6 Å². The van der Waals surface area contributed by atoms with Crippen molar-refractivity contribution in [3.8, 4) is 0 Å². The number of nitrogens with one attached hydrogen (secondary N) is 2. The van der Waals surface area contributed by atoms with E-state index in [1.165, 1.54) is 19.3 Å². The highest BCUT2D eigenvalue weighted by molar-refractivity contribution is 5.81. The van der Waals surface area contributed by atoms with E-state index in [4.69, 9.17) is 0 Å². The summed E-state index contributed by atoms with van der Waals surface area (Å²) in [5.41, 5.74) is -0.893. The summed E-state index contributed by atoms with van der Waals surface area (Å²) in [5, 5.41) is 24.7. The van der Waals surface area contributed by atoms with Crippen LogP contribution in [0.3, 0.4) is 0 Å². The summed E-state index contributed by atoms with van der Waals surface area (Å²) in [5.74, 6) is -0.390. The van der Waals surface area contributed by atoms with Gasteiger partial charge in [0.25, 0.3) is 0 Å². The van der Waals surface area contributed by atoms with E-state index in [1.54, 1.807) is 13.8 Å². The normalized spacial score (nSPS) is 19.7. The van der Waals surface area contributed by atoms with Gasteiger partial charge in [-0.1, -0.05) is 46.0 Å². The molecule has 1 rings (SSSR count). The third-order valence-corrected chi connectivity index (χ3v) is 4.84. The summed E-state index contributed by atoms with van der Waals surface area (Å²) < 4.78 is 0. The minimum atomic E-state index is -1.28. The van der Waals surface area contributed by atoms with Gasteiger partial charge in [-0.05, 0) is 19.8 Å². The van der Waals surface area contributed by atoms with Crippen molar-refractivity contribution in [2.24, 2.45) is 11.3 Å². The maximum Gasteiger partial charge on any atom is 0.249 e. The molecule has 1 aliphatic carbocycles. The molecule has 0 aromatic carbocycles. The van der Waals surface area contributed by atoms with E-state index in [-0.39, 0.29) is 31.0 Å². The van der Waals surface area contributed by atoms with Crippen LogP contribution in [0, 0.1) is 11.3 Å². The maximum atomic E-state index is 12.4. The average Bonchev–Trinajstić information content (AvgIpc) is 2.51. The van der Waals surface area contributed by atoms with E-state index in [0.717, 1.165) is 25.7 Å². The largest absolute Gasteiger partial charge is 0.396 e. The molecule has 1 fully saturated rings. The van der Waals surface area contributed by atoms with Gasteiger partial charge in [0.05, 0.1) is 6.61 Å². The SMILES string of the molecule is CC(CNC(=O)C(O)C(C)(C)CO)NC(=O)C1CCCCCCC1. The number of aliphatic hydroxyl groups excluding tert-OH is 2. The Morgan fingerprint density at radius 1 is 1.12 bits per heavy atom. The summed E-state index contributed by atoms with van der Waals surface area (Å²) in [6.07, 6.45) is 6.47. The lowest BCUT2D eigenvalue weighted by Gasteiger charge is -2.28. The molecule has 24 heavy (non-hydrogen) atoms. The van der Waals surface area contributed by atoms with Gasteiger partial charge in [0.2, 0.25) is 11.8 Å². The lowest BCUT2D eigenvalue weighted by atomic mass is 9.87. The van der Waals surface area contributed by atoms with E-state index in [0.29, 0.717) is 0 Å². The van der Waals surface area contributed by atoms with Gasteiger partial charge in [0.1, 0.15) is 6.10 Å². The molecule has 0 aliphatic heterocycles. The van der Waals surface area contributed by atoms with Crippen LogP contribution >= 0.6 is 0 Å². The van der Waals surface area contributed by atoms with Crippen molar-refractivity contribution in [3.05, 3.63) is 0 Å². The quantitative estimate of drug-likeness (QED) is 0.561. The van der Waals surface area contributed by atoms with Crippen LogP contribution in [0.15, 0.2) is 0 Å². The van der Waals surface area contributed by atoms with Crippen LogP contribution < -0.4 is 10.6 Å². The van der Waals surface area contributed by atoms with Crippen molar-refractivity contribution in [3.63, 3.8) is 0 Å². The van der Waals surface area contributed by atoms with Crippen LogP contribution in [0.4, 0.5) is 0 Å². The van der Waals surface area contributed by atoms with Crippen molar-refractivity contribution < 1.29 is 19.8 Å². The highest BCUT2D eigenvalue weighted by atomic mass is 16.3. The molecule has 0 bridgehead atoms. The minimum absolute atomic E-state index is 0.0647. The summed E-state index contributed by atoms with van der Waals surface area (Å²) in [4.78, 5) is 24.3. The fourth-order valence-electron chi connectivity index (χ4n) is 2.92. The minimum Gasteiger partial charge on any atom is -0.396 e. The zero-order valence-corrected chi connectivity index (χ0v) is 15.3. The molecule has 140 valence electrons. The van der Waals surface area contributed by atoms with Gasteiger partial charge in [0, 0.05) is 23.9 Å². The number of amides is 2. The lowest BCUT2D eigenvalue weighted by molar-refractivity contribution is -0.137. The predicted octanol–water partition coefficient (Wildman–Crippen LogP) is 1.35. The first-order valence-electron chi connectivity index (χ1n) is 9.15. The molecule has 0 aromatic rings. The van der Waals surface area contributed by atoms with Gasteiger partial charge in [-0.25, -0.2) is 0 Å². The Hall–Kier alpha value is -1.14. The molecule has 1 aliphatic rings. The first-order chi connectivity index (χ1) is 11.3. The van der Waals surface area contributed by atoms with Gasteiger partial charge in [-0.15, -0.1) is 0 Å². The van der Waals surface area contributed by atoms with Crippen LogP contribution in [0.2, 0.25) is 0 Å². The second-order valence-electron chi connectivity index (χ2n) is 7.75. The molecular weight excluding hydrogens is 308 g/mol. The van der Waals surface area contributed by atoms with Crippen molar-refractivity contribution >= 4 is 11.8 Å². The Kier molecular flexibility index (Phi) is 8.70. The molecular formula is C18H34N2O4. The lowest BCUT2D eigenvalue weighted by Crippen LogP contribution is -2.50. The predicted molar refractivity (Wildman–Crippen MR) is 93.3 cm³/mol. The summed E-state index contributed by atoms with van der Waals surface area (Å²) in [6.45, 7) is 5.06. The highest BCUT2D eigenvalue weighted by Gasteiger charge is 2.33. The maximum absolute atomic E-state index is 12.4. The Balaban J connectivity index is 2.38. The molecule has 0 aromatic heterocycles. The van der Waals surface area contributed by atoms with Crippen molar-refractivity contribution in [2.45, 2.75) is 77.9 Å². The molecule has 2 unspecified atom stereocenters. The fraction of sp³-hybridized carbons (Fsp3) is 0.889. The van der Waals surface area contributed by atoms with E-state index in [9.17, 15) is 19.8 Å². The topological polar surface area (TPSA) is 98.7 Å². The molecule has 2 atom stereocenters. The number of aliphatic hydroxyl groups is 2. The standard InChI is InChI=1S/C18H34N2O4/c1-13(11-19-17(24)15(22)18(2,3)12-21)20-16(23)14-9-7-5-4-6-8-10-14/h13-15,21-22H,4-12H2,1-3H3,(H,19,24)(H,20,23). The van der Waals surface area contributed by atoms with Crippen molar-refractivity contribution in [2.75, 3.05) is 13.2 Å². The second kappa shape index (κ2) is 9.99. The molecule has 4 N–H and O–H groups in total.